The van der Waals surface area contributed by atoms with Crippen molar-refractivity contribution in [3.63, 3.8) is 0 Å². The summed E-state index contributed by atoms with van der Waals surface area (Å²) in [4.78, 5) is 35.5. The lowest BCUT2D eigenvalue weighted by Crippen LogP contribution is -2.34. The first kappa shape index (κ1) is 24.1. The Kier molecular flexibility index (Phi) is 7.23. The molecule has 0 spiro atoms. The Morgan fingerprint density at radius 3 is 1.77 bits per heavy atom. The number of hydrogen-bond donors (Lipinski definition) is 6. The van der Waals surface area contributed by atoms with Crippen molar-refractivity contribution >= 4 is 42.8 Å². The molecule has 0 heterocycles. The lowest BCUT2D eigenvalue weighted by atomic mass is 9.76. The number of benzene rings is 2. The van der Waals surface area contributed by atoms with Crippen LogP contribution in [0.1, 0.15) is 31.8 Å². The number of ketones is 1. The van der Waals surface area contributed by atoms with Crippen LogP contribution in [0.3, 0.4) is 0 Å². The maximum absolute atomic E-state index is 13.1. The standard InChI is InChI=1S/C17H14B2F3NO8/c20-17(21,22)11-2-9(4-13(6-11)19(30)31)15(26)8-1-10(5-12(3-8)18(28)29)16(27)23-7-14(24)25/h1-6,28-31H,7H2,(H,23,27)(H,24,25). The Labute approximate surface area is 173 Å². The summed E-state index contributed by atoms with van der Waals surface area (Å²) in [6.07, 6.45) is -4.91. The second-order valence-corrected chi connectivity index (χ2v) is 6.34. The Morgan fingerprint density at radius 1 is 0.806 bits per heavy atom. The molecule has 0 aliphatic rings. The number of amides is 1. The fourth-order valence-corrected chi connectivity index (χ4v) is 2.58. The molecule has 2 rings (SSSR count). The molecular weight excluding hydrogens is 425 g/mol. The molecule has 2 aromatic carbocycles. The highest BCUT2D eigenvalue weighted by molar-refractivity contribution is 6.59. The van der Waals surface area contributed by atoms with E-state index in [-0.39, 0.29) is 11.0 Å². The number of carboxylic acid groups (broad SMARTS) is 1. The Balaban J connectivity index is 2.57. The van der Waals surface area contributed by atoms with Crippen LogP contribution in [0.4, 0.5) is 13.2 Å². The van der Waals surface area contributed by atoms with Crippen LogP contribution in [0.15, 0.2) is 36.4 Å². The Morgan fingerprint density at radius 2 is 1.29 bits per heavy atom. The van der Waals surface area contributed by atoms with E-state index in [9.17, 15) is 47.7 Å². The lowest BCUT2D eigenvalue weighted by molar-refractivity contribution is -0.137. The molecule has 0 fully saturated rings. The second kappa shape index (κ2) is 9.31. The van der Waals surface area contributed by atoms with Crippen LogP contribution < -0.4 is 16.2 Å². The molecule has 0 aromatic heterocycles. The summed E-state index contributed by atoms with van der Waals surface area (Å²) in [5, 5.41) is 47.9. The number of carboxylic acids is 1. The van der Waals surface area contributed by atoms with Crippen LogP contribution in [0.25, 0.3) is 0 Å². The van der Waals surface area contributed by atoms with Crippen molar-refractivity contribution in [1.29, 1.82) is 0 Å². The van der Waals surface area contributed by atoms with Gasteiger partial charge in [0, 0.05) is 16.7 Å². The number of hydrogen-bond acceptors (Lipinski definition) is 7. The molecule has 162 valence electrons. The molecule has 9 nitrogen and oxygen atoms in total. The summed E-state index contributed by atoms with van der Waals surface area (Å²) in [7, 11) is -4.47. The van der Waals surface area contributed by atoms with Gasteiger partial charge in [0.15, 0.2) is 5.78 Å². The van der Waals surface area contributed by atoms with E-state index in [0.717, 1.165) is 24.3 Å². The monoisotopic (exact) mass is 439 g/mol. The van der Waals surface area contributed by atoms with E-state index in [1.165, 1.54) is 0 Å². The van der Waals surface area contributed by atoms with Crippen molar-refractivity contribution < 1.29 is 52.8 Å². The largest absolute Gasteiger partial charge is 0.488 e. The third-order valence-electron chi connectivity index (χ3n) is 4.02. The number of carbonyl (C=O) groups is 3. The van der Waals surface area contributed by atoms with E-state index in [1.54, 1.807) is 0 Å². The van der Waals surface area contributed by atoms with Gasteiger partial charge >= 0.3 is 26.4 Å². The fourth-order valence-electron chi connectivity index (χ4n) is 2.58. The first-order chi connectivity index (χ1) is 14.3. The molecule has 0 aliphatic heterocycles. The smallest absolute Gasteiger partial charge is 0.480 e. The van der Waals surface area contributed by atoms with Crippen molar-refractivity contribution in [2.75, 3.05) is 6.54 Å². The van der Waals surface area contributed by atoms with Gasteiger partial charge in [-0.05, 0) is 29.1 Å². The van der Waals surface area contributed by atoms with Crippen LogP contribution in [0.5, 0.6) is 0 Å². The van der Waals surface area contributed by atoms with Crippen molar-refractivity contribution in [1.82, 2.24) is 5.32 Å². The summed E-state index contributed by atoms with van der Waals surface area (Å²) in [5.74, 6) is -3.46. The van der Waals surface area contributed by atoms with Gasteiger partial charge in [-0.1, -0.05) is 18.2 Å². The van der Waals surface area contributed by atoms with Crippen LogP contribution in [-0.2, 0) is 11.0 Å². The third kappa shape index (κ3) is 6.15. The minimum absolute atomic E-state index is 0.357. The Bertz CT molecular complexity index is 1030. The molecule has 14 heteroatoms. The van der Waals surface area contributed by atoms with Gasteiger partial charge in [0.05, 0.1) is 5.56 Å². The summed E-state index contributed by atoms with van der Waals surface area (Å²) in [5.41, 5.74) is -3.70. The molecule has 0 aliphatic carbocycles. The average Bonchev–Trinajstić information content (AvgIpc) is 2.69. The van der Waals surface area contributed by atoms with Gasteiger partial charge in [0.1, 0.15) is 6.54 Å². The predicted octanol–water partition coefficient (Wildman–Crippen LogP) is -1.89. The van der Waals surface area contributed by atoms with E-state index in [4.69, 9.17) is 5.11 Å². The molecule has 2 aromatic rings. The van der Waals surface area contributed by atoms with Gasteiger partial charge in [0.25, 0.3) is 5.91 Å². The maximum atomic E-state index is 13.1. The molecule has 0 saturated heterocycles. The first-order valence-electron chi connectivity index (χ1n) is 8.43. The highest BCUT2D eigenvalue weighted by Gasteiger charge is 2.33. The topological polar surface area (TPSA) is 164 Å². The van der Waals surface area contributed by atoms with E-state index in [1.807, 2.05) is 5.32 Å². The normalized spacial score (nSPS) is 11.1. The highest BCUT2D eigenvalue weighted by atomic mass is 19.4. The zero-order valence-electron chi connectivity index (χ0n) is 15.4. The predicted molar refractivity (Wildman–Crippen MR) is 101 cm³/mol. The molecular formula is C17H14B2F3NO8. The van der Waals surface area contributed by atoms with E-state index in [2.05, 4.69) is 0 Å². The number of halogens is 3. The molecule has 0 atom stereocenters. The molecule has 6 N–H and O–H groups in total. The van der Waals surface area contributed by atoms with Gasteiger partial charge in [-0.3, -0.25) is 14.4 Å². The van der Waals surface area contributed by atoms with Crippen molar-refractivity contribution in [3.8, 4) is 0 Å². The van der Waals surface area contributed by atoms with Crippen molar-refractivity contribution in [2.24, 2.45) is 0 Å². The Hall–Kier alpha value is -3.19. The van der Waals surface area contributed by atoms with Gasteiger partial charge in [0.2, 0.25) is 0 Å². The van der Waals surface area contributed by atoms with Gasteiger partial charge in [-0.15, -0.1) is 0 Å². The van der Waals surface area contributed by atoms with E-state index >= 15 is 0 Å². The summed E-state index contributed by atoms with van der Waals surface area (Å²) in [6.45, 7) is -0.778. The molecule has 0 bridgehead atoms. The zero-order valence-corrected chi connectivity index (χ0v) is 15.4. The number of rotatable bonds is 7. The first-order valence-corrected chi connectivity index (χ1v) is 8.43. The van der Waals surface area contributed by atoms with Gasteiger partial charge in [-0.25, -0.2) is 0 Å². The van der Waals surface area contributed by atoms with Crippen LogP contribution >= 0.6 is 0 Å². The van der Waals surface area contributed by atoms with Crippen molar-refractivity contribution in [2.45, 2.75) is 6.18 Å². The summed E-state index contributed by atoms with van der Waals surface area (Å²) < 4.78 is 39.4. The molecule has 1 amide bonds. The zero-order chi connectivity index (χ0) is 23.5. The van der Waals surface area contributed by atoms with Crippen LogP contribution in [-0.4, -0.2) is 63.6 Å². The van der Waals surface area contributed by atoms with Crippen molar-refractivity contribution in [3.05, 3.63) is 58.7 Å². The maximum Gasteiger partial charge on any atom is 0.488 e. The molecule has 0 saturated carbocycles. The summed E-state index contributed by atoms with van der Waals surface area (Å²) in [6, 6.07) is 4.49. The number of alkyl halides is 3. The van der Waals surface area contributed by atoms with E-state index < -0.39 is 66.8 Å². The highest BCUT2D eigenvalue weighted by Crippen LogP contribution is 2.29. The van der Waals surface area contributed by atoms with Crippen LogP contribution in [0, 0.1) is 0 Å². The van der Waals surface area contributed by atoms with Gasteiger partial charge in [-0.2, -0.15) is 13.2 Å². The van der Waals surface area contributed by atoms with Crippen LogP contribution in [0.2, 0.25) is 0 Å². The lowest BCUT2D eigenvalue weighted by Gasteiger charge is -2.13. The number of aliphatic carboxylic acids is 1. The summed E-state index contributed by atoms with van der Waals surface area (Å²) >= 11 is 0. The minimum atomic E-state index is -4.91. The number of nitrogens with one attached hydrogen (secondary N) is 1. The molecule has 0 unspecified atom stereocenters. The third-order valence-corrected chi connectivity index (χ3v) is 4.02. The SMILES string of the molecule is O=C(O)CNC(=O)c1cc(B(O)O)cc(C(=O)c2cc(B(O)O)cc(C(F)(F)F)c2)c1. The van der Waals surface area contributed by atoms with E-state index in [0.29, 0.717) is 12.1 Å². The second-order valence-electron chi connectivity index (χ2n) is 6.34. The quantitative estimate of drug-likeness (QED) is 0.216. The average molecular weight is 439 g/mol. The fraction of sp³-hybridized carbons (Fsp3) is 0.118. The number of carbonyl (C=O) groups excluding carboxylic acids is 2. The molecule has 0 radical (unpaired) electrons. The minimum Gasteiger partial charge on any atom is -0.480 e. The molecule has 31 heavy (non-hydrogen) atoms. The van der Waals surface area contributed by atoms with Gasteiger partial charge < -0.3 is 30.5 Å².